The van der Waals surface area contributed by atoms with Crippen molar-refractivity contribution in [2.75, 3.05) is 11.9 Å². The quantitative estimate of drug-likeness (QED) is 0.770. The molecule has 3 aromatic rings. The number of para-hydroxylation sites is 2. The maximum atomic E-state index is 12.2. The number of hydrogen-bond donors (Lipinski definition) is 1. The Hall–Kier alpha value is -3.29. The van der Waals surface area contributed by atoms with E-state index in [1.54, 1.807) is 18.2 Å². The Morgan fingerprint density at radius 3 is 2.96 bits per heavy atom. The second-order valence-corrected chi connectivity index (χ2v) is 4.40. The van der Waals surface area contributed by atoms with E-state index in [9.17, 15) is 4.79 Å². The lowest BCUT2D eigenvalue weighted by Gasteiger charge is -2.09. The molecule has 0 radical (unpaired) electrons. The summed E-state index contributed by atoms with van der Waals surface area (Å²) >= 11 is 0. The third-order valence-electron chi connectivity index (χ3n) is 2.85. The van der Waals surface area contributed by atoms with Crippen LogP contribution in [0.5, 0.6) is 5.75 Å². The fourth-order valence-corrected chi connectivity index (χ4v) is 1.86. The number of ether oxygens (including phenoxy) is 1. The van der Waals surface area contributed by atoms with Crippen LogP contribution in [-0.4, -0.2) is 32.6 Å². The number of benzene rings is 1. The summed E-state index contributed by atoms with van der Waals surface area (Å²) in [5, 5.41) is 6.41. The maximum absolute atomic E-state index is 12.2. The molecule has 8 heteroatoms. The van der Waals surface area contributed by atoms with Gasteiger partial charge in [0, 0.05) is 12.4 Å². The lowest BCUT2D eigenvalue weighted by atomic mass is 10.3. The van der Waals surface area contributed by atoms with Crippen molar-refractivity contribution in [2.24, 2.45) is 0 Å². The van der Waals surface area contributed by atoms with Gasteiger partial charge in [-0.2, -0.15) is 4.98 Å². The summed E-state index contributed by atoms with van der Waals surface area (Å²) in [5.41, 5.74) is 0.948. The number of hydrogen-bond acceptors (Lipinski definition) is 7. The highest BCUT2D eigenvalue weighted by Crippen LogP contribution is 2.24. The predicted molar refractivity (Wildman–Crippen MR) is 80.9 cm³/mol. The van der Waals surface area contributed by atoms with Crippen LogP contribution in [0.25, 0.3) is 11.5 Å². The van der Waals surface area contributed by atoms with E-state index in [1.807, 2.05) is 13.0 Å². The molecule has 3 rings (SSSR count). The molecule has 0 spiro atoms. The molecule has 0 fully saturated rings. The van der Waals surface area contributed by atoms with Crippen molar-refractivity contribution in [1.82, 2.24) is 20.1 Å². The van der Waals surface area contributed by atoms with Gasteiger partial charge in [0.15, 0.2) is 0 Å². The van der Waals surface area contributed by atoms with Gasteiger partial charge in [-0.05, 0) is 19.1 Å². The van der Waals surface area contributed by atoms with E-state index >= 15 is 0 Å². The molecule has 0 aliphatic heterocycles. The van der Waals surface area contributed by atoms with Crippen molar-refractivity contribution in [3.05, 3.63) is 48.7 Å². The van der Waals surface area contributed by atoms with Crippen molar-refractivity contribution in [3.63, 3.8) is 0 Å². The number of carbonyl (C=O) groups is 1. The van der Waals surface area contributed by atoms with Crippen LogP contribution in [0.3, 0.4) is 0 Å². The first-order chi connectivity index (χ1) is 11.3. The van der Waals surface area contributed by atoms with Crippen LogP contribution in [0, 0.1) is 0 Å². The lowest BCUT2D eigenvalue weighted by Crippen LogP contribution is -2.13. The summed E-state index contributed by atoms with van der Waals surface area (Å²) in [6.07, 6.45) is 4.52. The number of aromatic nitrogens is 4. The molecular weight excluding hydrogens is 298 g/mol. The largest absolute Gasteiger partial charge is 0.492 e. The molecule has 0 saturated carbocycles. The standard InChI is InChI=1S/C15H13N5O3/c1-2-22-12-6-4-3-5-10(12)18-14(21)15-19-13(20-23-15)11-9-16-7-8-17-11/h3-9H,2H2,1H3,(H,18,21). The van der Waals surface area contributed by atoms with Crippen LogP contribution in [-0.2, 0) is 0 Å². The summed E-state index contributed by atoms with van der Waals surface area (Å²) in [5.74, 6) is 0.0649. The van der Waals surface area contributed by atoms with Crippen LogP contribution < -0.4 is 10.1 Å². The van der Waals surface area contributed by atoms with Crippen LogP contribution in [0.1, 0.15) is 17.6 Å². The lowest BCUT2D eigenvalue weighted by molar-refractivity contribution is 0.0981. The van der Waals surface area contributed by atoms with Gasteiger partial charge in [-0.3, -0.25) is 9.78 Å². The van der Waals surface area contributed by atoms with Crippen LogP contribution in [0.2, 0.25) is 0 Å². The second kappa shape index (κ2) is 6.65. The highest BCUT2D eigenvalue weighted by Gasteiger charge is 2.18. The SMILES string of the molecule is CCOc1ccccc1NC(=O)c1nc(-c2cnccn2)no1. The normalized spacial score (nSPS) is 10.3. The van der Waals surface area contributed by atoms with Crippen molar-refractivity contribution in [2.45, 2.75) is 6.92 Å². The van der Waals surface area contributed by atoms with Crippen molar-refractivity contribution in [3.8, 4) is 17.3 Å². The summed E-state index contributed by atoms with van der Waals surface area (Å²) < 4.78 is 10.4. The first-order valence-corrected chi connectivity index (χ1v) is 6.91. The summed E-state index contributed by atoms with van der Waals surface area (Å²) in [4.78, 5) is 24.2. The van der Waals surface area contributed by atoms with Crippen LogP contribution >= 0.6 is 0 Å². The molecule has 0 saturated heterocycles. The fourth-order valence-electron chi connectivity index (χ4n) is 1.86. The van der Waals surface area contributed by atoms with Gasteiger partial charge in [0.05, 0.1) is 18.5 Å². The van der Waals surface area contributed by atoms with E-state index in [2.05, 4.69) is 25.4 Å². The zero-order chi connectivity index (χ0) is 16.1. The topological polar surface area (TPSA) is 103 Å². The van der Waals surface area contributed by atoms with Gasteiger partial charge in [0.2, 0.25) is 5.82 Å². The van der Waals surface area contributed by atoms with Crippen molar-refractivity contribution < 1.29 is 14.1 Å². The highest BCUT2D eigenvalue weighted by atomic mass is 16.5. The zero-order valence-corrected chi connectivity index (χ0v) is 12.3. The van der Waals surface area contributed by atoms with Gasteiger partial charge in [-0.25, -0.2) is 4.98 Å². The Kier molecular flexibility index (Phi) is 4.23. The van der Waals surface area contributed by atoms with E-state index in [1.165, 1.54) is 18.6 Å². The summed E-state index contributed by atoms with van der Waals surface area (Å²) in [6, 6.07) is 7.09. The Labute approximate surface area is 131 Å². The zero-order valence-electron chi connectivity index (χ0n) is 12.3. The average Bonchev–Trinajstić information content (AvgIpc) is 3.08. The minimum absolute atomic E-state index is 0.169. The second-order valence-electron chi connectivity index (χ2n) is 4.40. The smallest absolute Gasteiger partial charge is 0.316 e. The summed E-state index contributed by atoms with van der Waals surface area (Å²) in [7, 11) is 0. The molecule has 1 N–H and O–H groups in total. The molecule has 8 nitrogen and oxygen atoms in total. The highest BCUT2D eigenvalue weighted by molar-refractivity contribution is 6.01. The molecule has 1 aromatic carbocycles. The van der Waals surface area contributed by atoms with Crippen molar-refractivity contribution in [1.29, 1.82) is 0 Å². The Morgan fingerprint density at radius 1 is 1.30 bits per heavy atom. The number of amides is 1. The molecule has 0 atom stereocenters. The number of anilines is 1. The Balaban J connectivity index is 1.78. The van der Waals surface area contributed by atoms with Gasteiger partial charge in [0.1, 0.15) is 11.4 Å². The first-order valence-electron chi connectivity index (χ1n) is 6.91. The van der Waals surface area contributed by atoms with E-state index in [0.717, 1.165) is 0 Å². The molecule has 2 heterocycles. The molecule has 0 aliphatic carbocycles. The van der Waals surface area contributed by atoms with Crippen LogP contribution in [0.15, 0.2) is 47.4 Å². The summed E-state index contributed by atoms with van der Waals surface area (Å²) in [6.45, 7) is 2.36. The monoisotopic (exact) mass is 311 g/mol. The molecule has 23 heavy (non-hydrogen) atoms. The maximum Gasteiger partial charge on any atom is 0.316 e. The number of nitrogens with one attached hydrogen (secondary N) is 1. The van der Waals surface area contributed by atoms with Gasteiger partial charge >= 0.3 is 11.8 Å². The third kappa shape index (κ3) is 3.31. The Bertz CT molecular complexity index is 804. The van der Waals surface area contributed by atoms with E-state index in [-0.39, 0.29) is 11.7 Å². The first kappa shape index (κ1) is 14.6. The van der Waals surface area contributed by atoms with Gasteiger partial charge in [-0.15, -0.1) is 0 Å². The minimum Gasteiger partial charge on any atom is -0.492 e. The fraction of sp³-hybridized carbons (Fsp3) is 0.133. The molecule has 116 valence electrons. The van der Waals surface area contributed by atoms with Gasteiger partial charge in [-0.1, -0.05) is 17.3 Å². The average molecular weight is 311 g/mol. The van der Waals surface area contributed by atoms with E-state index in [4.69, 9.17) is 9.26 Å². The number of nitrogens with zero attached hydrogens (tertiary/aromatic N) is 4. The van der Waals surface area contributed by atoms with E-state index in [0.29, 0.717) is 23.7 Å². The third-order valence-corrected chi connectivity index (χ3v) is 2.85. The molecule has 2 aromatic heterocycles. The number of rotatable bonds is 5. The molecule has 0 aliphatic rings. The molecule has 0 unspecified atom stereocenters. The molecule has 0 bridgehead atoms. The molecular formula is C15H13N5O3. The predicted octanol–water partition coefficient (Wildman–Crippen LogP) is 2.18. The van der Waals surface area contributed by atoms with Crippen LogP contribution in [0.4, 0.5) is 5.69 Å². The van der Waals surface area contributed by atoms with Gasteiger partial charge < -0.3 is 14.6 Å². The molecule has 1 amide bonds. The van der Waals surface area contributed by atoms with Crippen molar-refractivity contribution >= 4 is 11.6 Å². The van der Waals surface area contributed by atoms with E-state index < -0.39 is 5.91 Å². The minimum atomic E-state index is -0.528. The Morgan fingerprint density at radius 2 is 2.17 bits per heavy atom. The van der Waals surface area contributed by atoms with Gasteiger partial charge in [0.25, 0.3) is 0 Å². The number of carbonyl (C=O) groups excluding carboxylic acids is 1.